The van der Waals surface area contributed by atoms with E-state index in [4.69, 9.17) is 9.72 Å². The summed E-state index contributed by atoms with van der Waals surface area (Å²) in [4.78, 5) is 7.78. The SMILES string of the molecule is CCCCN(Cc1ccc(CNS(C)(=O)=O)c(OC)c1)Cc1c(-c2ccccc2)nc(-c2ccccc2)n1CCCC. The van der Waals surface area contributed by atoms with Gasteiger partial charge in [0.25, 0.3) is 0 Å². The first kappa shape index (κ1) is 31.5. The molecule has 0 saturated heterocycles. The number of sulfonamides is 1. The van der Waals surface area contributed by atoms with Crippen LogP contribution >= 0.6 is 0 Å². The topological polar surface area (TPSA) is 76.5 Å². The van der Waals surface area contributed by atoms with Crippen LogP contribution in [-0.4, -0.2) is 42.8 Å². The van der Waals surface area contributed by atoms with E-state index in [0.29, 0.717) is 5.75 Å². The second-order valence-corrected chi connectivity index (χ2v) is 12.6. The summed E-state index contributed by atoms with van der Waals surface area (Å²) in [7, 11) is -1.67. The van der Waals surface area contributed by atoms with Gasteiger partial charge in [0.15, 0.2) is 0 Å². The minimum absolute atomic E-state index is 0.196. The number of unbranched alkanes of at least 4 members (excludes halogenated alkanes) is 2. The number of nitrogens with one attached hydrogen (secondary N) is 1. The summed E-state index contributed by atoms with van der Waals surface area (Å²) < 4.78 is 33.9. The van der Waals surface area contributed by atoms with Crippen LogP contribution in [0.3, 0.4) is 0 Å². The molecule has 0 fully saturated rings. The van der Waals surface area contributed by atoms with Crippen LogP contribution in [0.4, 0.5) is 0 Å². The number of methoxy groups -OCH3 is 1. The first-order valence-corrected chi connectivity index (χ1v) is 16.7. The van der Waals surface area contributed by atoms with E-state index in [9.17, 15) is 8.42 Å². The summed E-state index contributed by atoms with van der Waals surface area (Å²) in [6, 6.07) is 27.0. The summed E-state index contributed by atoms with van der Waals surface area (Å²) in [6.07, 6.45) is 5.53. The van der Waals surface area contributed by atoms with Crippen LogP contribution in [0.2, 0.25) is 0 Å². The van der Waals surface area contributed by atoms with Gasteiger partial charge in [0.05, 0.1) is 24.8 Å². The van der Waals surface area contributed by atoms with E-state index in [0.717, 1.165) is 91.9 Å². The Labute approximate surface area is 251 Å². The van der Waals surface area contributed by atoms with Gasteiger partial charge in [-0.2, -0.15) is 0 Å². The zero-order chi connectivity index (χ0) is 30.0. The minimum Gasteiger partial charge on any atom is -0.496 e. The molecule has 0 aliphatic heterocycles. The van der Waals surface area contributed by atoms with Gasteiger partial charge in [0.2, 0.25) is 10.0 Å². The Morgan fingerprint density at radius 2 is 1.55 bits per heavy atom. The van der Waals surface area contributed by atoms with Gasteiger partial charge in [-0.05, 0) is 31.0 Å². The molecular weight excluding hydrogens is 544 g/mol. The van der Waals surface area contributed by atoms with Crippen molar-refractivity contribution in [3.05, 3.63) is 95.7 Å². The molecule has 1 aromatic heterocycles. The molecule has 4 aromatic rings. The van der Waals surface area contributed by atoms with E-state index in [1.807, 2.05) is 24.3 Å². The Bertz CT molecular complexity index is 1520. The molecule has 8 heteroatoms. The Morgan fingerprint density at radius 1 is 0.881 bits per heavy atom. The molecule has 0 saturated carbocycles. The lowest BCUT2D eigenvalue weighted by atomic mass is 10.1. The maximum absolute atomic E-state index is 11.6. The van der Waals surface area contributed by atoms with E-state index < -0.39 is 10.0 Å². The highest BCUT2D eigenvalue weighted by molar-refractivity contribution is 7.88. The molecule has 0 unspecified atom stereocenters. The first-order chi connectivity index (χ1) is 20.3. The summed E-state index contributed by atoms with van der Waals surface area (Å²) in [6.45, 7) is 8.00. The van der Waals surface area contributed by atoms with E-state index >= 15 is 0 Å². The van der Waals surface area contributed by atoms with Crippen LogP contribution in [0.15, 0.2) is 78.9 Å². The van der Waals surface area contributed by atoms with Crippen LogP contribution in [0.25, 0.3) is 22.6 Å². The number of benzene rings is 3. The molecule has 0 aliphatic carbocycles. The van der Waals surface area contributed by atoms with Gasteiger partial charge >= 0.3 is 0 Å². The van der Waals surface area contributed by atoms with Crippen molar-refractivity contribution in [1.29, 1.82) is 0 Å². The molecule has 4 rings (SSSR count). The monoisotopic (exact) mass is 588 g/mol. The smallest absolute Gasteiger partial charge is 0.209 e. The maximum atomic E-state index is 11.6. The summed E-state index contributed by atoms with van der Waals surface area (Å²) in [5.74, 6) is 1.70. The number of imidazole rings is 1. The lowest BCUT2D eigenvalue weighted by Crippen LogP contribution is -2.26. The fourth-order valence-electron chi connectivity index (χ4n) is 5.15. The quantitative estimate of drug-likeness (QED) is 0.154. The van der Waals surface area contributed by atoms with Crippen molar-refractivity contribution in [2.45, 2.75) is 65.7 Å². The molecule has 224 valence electrons. The Hall–Kier alpha value is -3.46. The predicted molar refractivity (Wildman–Crippen MR) is 172 cm³/mol. The van der Waals surface area contributed by atoms with Gasteiger partial charge in [-0.15, -0.1) is 0 Å². The highest BCUT2D eigenvalue weighted by Gasteiger charge is 2.22. The van der Waals surface area contributed by atoms with E-state index in [1.54, 1.807) is 7.11 Å². The molecule has 0 aliphatic rings. The van der Waals surface area contributed by atoms with Crippen LogP contribution in [0.5, 0.6) is 5.75 Å². The van der Waals surface area contributed by atoms with Gasteiger partial charge in [-0.1, -0.05) is 99.5 Å². The summed E-state index contributed by atoms with van der Waals surface area (Å²) in [5, 5.41) is 0. The van der Waals surface area contributed by atoms with Crippen molar-refractivity contribution in [3.8, 4) is 28.4 Å². The second-order valence-electron chi connectivity index (χ2n) is 10.8. The van der Waals surface area contributed by atoms with Crippen molar-refractivity contribution in [1.82, 2.24) is 19.2 Å². The van der Waals surface area contributed by atoms with Crippen molar-refractivity contribution in [2.75, 3.05) is 19.9 Å². The van der Waals surface area contributed by atoms with Gasteiger partial charge in [0, 0.05) is 42.9 Å². The molecule has 1 N–H and O–H groups in total. The van der Waals surface area contributed by atoms with Gasteiger partial charge in [0.1, 0.15) is 11.6 Å². The zero-order valence-corrected chi connectivity index (χ0v) is 26.2. The molecule has 0 radical (unpaired) electrons. The summed E-state index contributed by atoms with van der Waals surface area (Å²) in [5.41, 5.74) is 6.44. The van der Waals surface area contributed by atoms with Gasteiger partial charge in [-0.25, -0.2) is 18.1 Å². The first-order valence-electron chi connectivity index (χ1n) is 14.9. The number of ether oxygens (including phenoxy) is 1. The normalized spacial score (nSPS) is 11.7. The zero-order valence-electron chi connectivity index (χ0n) is 25.3. The second kappa shape index (κ2) is 15.1. The number of hydrogen-bond acceptors (Lipinski definition) is 5. The van der Waals surface area contributed by atoms with Crippen molar-refractivity contribution < 1.29 is 13.2 Å². The predicted octanol–water partition coefficient (Wildman–Crippen LogP) is 6.88. The fraction of sp³-hybridized carbons (Fsp3) is 0.382. The summed E-state index contributed by atoms with van der Waals surface area (Å²) >= 11 is 0. The highest BCUT2D eigenvalue weighted by Crippen LogP contribution is 2.32. The number of nitrogens with zero attached hydrogens (tertiary/aromatic N) is 3. The van der Waals surface area contributed by atoms with Crippen molar-refractivity contribution in [3.63, 3.8) is 0 Å². The largest absolute Gasteiger partial charge is 0.496 e. The minimum atomic E-state index is -3.30. The van der Waals surface area contributed by atoms with E-state index in [1.165, 1.54) is 5.69 Å². The van der Waals surface area contributed by atoms with Gasteiger partial charge in [-0.3, -0.25) is 4.90 Å². The molecule has 42 heavy (non-hydrogen) atoms. The van der Waals surface area contributed by atoms with Crippen LogP contribution in [0.1, 0.15) is 56.4 Å². The third kappa shape index (κ3) is 8.53. The number of aromatic nitrogens is 2. The third-order valence-corrected chi connectivity index (χ3v) is 8.04. The molecule has 3 aromatic carbocycles. The lowest BCUT2D eigenvalue weighted by Gasteiger charge is -2.25. The molecule has 7 nitrogen and oxygen atoms in total. The Kier molecular flexibility index (Phi) is 11.3. The molecule has 0 amide bonds. The average Bonchev–Trinajstić information content (AvgIpc) is 3.36. The van der Waals surface area contributed by atoms with Crippen LogP contribution < -0.4 is 9.46 Å². The maximum Gasteiger partial charge on any atom is 0.209 e. The van der Waals surface area contributed by atoms with E-state index in [2.05, 4.69) is 82.6 Å². The van der Waals surface area contributed by atoms with E-state index in [-0.39, 0.29) is 6.54 Å². The van der Waals surface area contributed by atoms with Crippen LogP contribution in [0, 0.1) is 0 Å². The third-order valence-electron chi connectivity index (χ3n) is 7.37. The highest BCUT2D eigenvalue weighted by atomic mass is 32.2. The van der Waals surface area contributed by atoms with Crippen molar-refractivity contribution in [2.24, 2.45) is 0 Å². The number of rotatable bonds is 16. The lowest BCUT2D eigenvalue weighted by molar-refractivity contribution is 0.246. The number of hydrogen-bond donors (Lipinski definition) is 1. The Morgan fingerprint density at radius 3 is 2.17 bits per heavy atom. The van der Waals surface area contributed by atoms with Crippen LogP contribution in [-0.2, 0) is 36.2 Å². The molecule has 0 atom stereocenters. The molecular formula is C34H44N4O3S. The van der Waals surface area contributed by atoms with Gasteiger partial charge < -0.3 is 9.30 Å². The van der Waals surface area contributed by atoms with Crippen molar-refractivity contribution >= 4 is 10.0 Å². The molecule has 0 bridgehead atoms. The average molecular weight is 589 g/mol. The standard InChI is InChI=1S/C34H44N4O3S/c1-5-7-21-37(25-27-19-20-30(32(23-27)41-3)24-35-42(4,39)40)26-31-33(28-15-11-9-12-16-28)36-34(38(31)22-8-6-2)29-17-13-10-14-18-29/h9-20,23,35H,5-8,21-22,24-26H2,1-4H3. The molecule has 0 spiro atoms. The Balaban J connectivity index is 1.73. The molecule has 1 heterocycles. The fourth-order valence-corrected chi connectivity index (χ4v) is 5.56.